The zero-order valence-corrected chi connectivity index (χ0v) is 11.5. The van der Waals surface area contributed by atoms with Gasteiger partial charge >= 0.3 is 0 Å². The Hall–Kier alpha value is -0.200. The zero-order valence-electron chi connectivity index (χ0n) is 11.5. The van der Waals surface area contributed by atoms with Gasteiger partial charge in [-0.2, -0.15) is 0 Å². The van der Waals surface area contributed by atoms with Crippen molar-refractivity contribution in [3.05, 3.63) is 0 Å². The van der Waals surface area contributed by atoms with E-state index in [0.717, 1.165) is 51.7 Å². The molecule has 0 aliphatic carbocycles. The second-order valence-corrected chi connectivity index (χ2v) is 5.40. The largest absolute Gasteiger partial charge is 0.396 e. The molecule has 2 heterocycles. The molecule has 5 heteroatoms. The highest BCUT2D eigenvalue weighted by molar-refractivity contribution is 4.86. The highest BCUT2D eigenvalue weighted by Crippen LogP contribution is 2.28. The summed E-state index contributed by atoms with van der Waals surface area (Å²) in [5.74, 6) is 0. The Morgan fingerprint density at radius 2 is 1.26 bits per heavy atom. The molecule has 0 bridgehead atoms. The Morgan fingerprint density at radius 1 is 0.842 bits per heavy atom. The van der Waals surface area contributed by atoms with Gasteiger partial charge in [-0.25, -0.2) is 0 Å². The van der Waals surface area contributed by atoms with Crippen LogP contribution in [0.15, 0.2) is 0 Å². The van der Waals surface area contributed by atoms with Crippen molar-refractivity contribution in [1.82, 2.24) is 0 Å². The molecular weight excluding hydrogens is 248 g/mol. The first-order valence-electron chi connectivity index (χ1n) is 7.45. The van der Waals surface area contributed by atoms with Gasteiger partial charge < -0.3 is 24.4 Å². The van der Waals surface area contributed by atoms with Crippen LogP contribution in [0, 0.1) is 0 Å². The fourth-order valence-electron chi connectivity index (χ4n) is 2.36. The smallest absolute Gasteiger partial charge is 0.107 e. The van der Waals surface area contributed by atoms with Gasteiger partial charge in [-0.05, 0) is 38.5 Å². The van der Waals surface area contributed by atoms with Crippen LogP contribution in [0.3, 0.4) is 0 Å². The average Bonchev–Trinajstić information content (AvgIpc) is 3.29. The summed E-state index contributed by atoms with van der Waals surface area (Å²) in [5.41, 5.74) is 0. The van der Waals surface area contributed by atoms with E-state index in [1.807, 2.05) is 0 Å². The van der Waals surface area contributed by atoms with Crippen molar-refractivity contribution in [3.8, 4) is 0 Å². The van der Waals surface area contributed by atoms with Gasteiger partial charge in [0.25, 0.3) is 0 Å². The Balaban J connectivity index is 1.72. The summed E-state index contributed by atoms with van der Waals surface area (Å²) in [5, 5.41) is 17.7. The molecule has 0 spiro atoms. The van der Waals surface area contributed by atoms with Gasteiger partial charge in [0.1, 0.15) is 12.2 Å². The lowest BCUT2D eigenvalue weighted by Gasteiger charge is -2.23. The quantitative estimate of drug-likeness (QED) is 0.408. The number of epoxide rings is 2. The van der Waals surface area contributed by atoms with Crippen LogP contribution in [0.4, 0.5) is 0 Å². The Kier molecular flexibility index (Phi) is 6.53. The number of aliphatic hydroxyl groups excluding tert-OH is 2. The molecule has 0 radical (unpaired) electrons. The maximum Gasteiger partial charge on any atom is 0.107 e. The third kappa shape index (κ3) is 5.75. The van der Waals surface area contributed by atoms with Gasteiger partial charge in [0.2, 0.25) is 0 Å². The third-order valence-corrected chi connectivity index (χ3v) is 3.69. The molecule has 4 atom stereocenters. The molecule has 2 fully saturated rings. The molecule has 2 N–H and O–H groups in total. The van der Waals surface area contributed by atoms with Gasteiger partial charge in [-0.15, -0.1) is 0 Å². The van der Waals surface area contributed by atoms with E-state index in [9.17, 15) is 0 Å². The molecule has 5 nitrogen and oxygen atoms in total. The lowest BCUT2D eigenvalue weighted by atomic mass is 10.1. The highest BCUT2D eigenvalue weighted by atomic mass is 16.6. The minimum Gasteiger partial charge on any atom is -0.396 e. The third-order valence-electron chi connectivity index (χ3n) is 3.69. The first-order valence-corrected chi connectivity index (χ1v) is 7.45. The van der Waals surface area contributed by atoms with Crippen LogP contribution in [0.25, 0.3) is 0 Å². The van der Waals surface area contributed by atoms with E-state index >= 15 is 0 Å². The standard InChI is InChI=1S/C14H26O5/c15-7-3-1-5-11(13-9-17-13)19-12(14-10-18-14)6-2-4-8-16/h11-16H,1-10H2. The normalized spacial score (nSPS) is 28.1. The van der Waals surface area contributed by atoms with Crippen molar-refractivity contribution in [2.45, 2.75) is 62.9 Å². The number of hydrogen-bond acceptors (Lipinski definition) is 5. The van der Waals surface area contributed by atoms with Crippen molar-refractivity contribution in [3.63, 3.8) is 0 Å². The highest BCUT2D eigenvalue weighted by Gasteiger charge is 2.39. The first-order chi connectivity index (χ1) is 9.35. The van der Waals surface area contributed by atoms with Gasteiger partial charge in [-0.1, -0.05) is 0 Å². The van der Waals surface area contributed by atoms with Gasteiger partial charge in [-0.3, -0.25) is 0 Å². The van der Waals surface area contributed by atoms with Crippen LogP contribution in [0.2, 0.25) is 0 Å². The summed E-state index contributed by atoms with van der Waals surface area (Å²) in [7, 11) is 0. The summed E-state index contributed by atoms with van der Waals surface area (Å²) in [6.45, 7) is 2.06. The van der Waals surface area contributed by atoms with E-state index in [1.54, 1.807) is 0 Å². The number of ether oxygens (including phenoxy) is 3. The SMILES string of the molecule is OCCCCC(OC(CCCCO)C1CO1)C1CO1. The maximum atomic E-state index is 8.84. The zero-order chi connectivity index (χ0) is 13.5. The van der Waals surface area contributed by atoms with Crippen molar-refractivity contribution in [1.29, 1.82) is 0 Å². The topological polar surface area (TPSA) is 74.8 Å². The molecule has 2 aliphatic heterocycles. The van der Waals surface area contributed by atoms with Crippen LogP contribution in [0.5, 0.6) is 0 Å². The average molecular weight is 274 g/mol. The van der Waals surface area contributed by atoms with Crippen LogP contribution in [-0.4, -0.2) is 61.1 Å². The van der Waals surface area contributed by atoms with Crippen molar-refractivity contribution in [2.24, 2.45) is 0 Å². The fourth-order valence-corrected chi connectivity index (χ4v) is 2.36. The minimum atomic E-state index is 0.134. The molecule has 19 heavy (non-hydrogen) atoms. The van der Waals surface area contributed by atoms with Crippen molar-refractivity contribution in [2.75, 3.05) is 26.4 Å². The second kappa shape index (κ2) is 8.17. The molecule has 0 amide bonds. The predicted molar refractivity (Wildman–Crippen MR) is 70.0 cm³/mol. The lowest BCUT2D eigenvalue weighted by molar-refractivity contribution is -0.0473. The van der Waals surface area contributed by atoms with Crippen LogP contribution >= 0.6 is 0 Å². The molecule has 2 aliphatic rings. The summed E-state index contributed by atoms with van der Waals surface area (Å²) < 4.78 is 16.9. The number of hydrogen-bond donors (Lipinski definition) is 2. The first kappa shape index (κ1) is 15.2. The molecule has 2 saturated heterocycles. The van der Waals surface area contributed by atoms with E-state index in [2.05, 4.69) is 0 Å². The summed E-state index contributed by atoms with van der Waals surface area (Å²) >= 11 is 0. The van der Waals surface area contributed by atoms with Gasteiger partial charge in [0.15, 0.2) is 0 Å². The molecule has 112 valence electrons. The molecular formula is C14H26O5. The summed E-state index contributed by atoms with van der Waals surface area (Å²) in [6, 6.07) is 0. The van der Waals surface area contributed by atoms with Crippen molar-refractivity contribution >= 4 is 0 Å². The second-order valence-electron chi connectivity index (χ2n) is 5.40. The molecule has 0 aromatic carbocycles. The number of unbranched alkanes of at least 4 members (excludes halogenated alkanes) is 2. The van der Waals surface area contributed by atoms with E-state index in [4.69, 9.17) is 24.4 Å². The van der Waals surface area contributed by atoms with Crippen LogP contribution in [0.1, 0.15) is 38.5 Å². The van der Waals surface area contributed by atoms with Crippen LogP contribution < -0.4 is 0 Å². The molecule has 2 rings (SSSR count). The van der Waals surface area contributed by atoms with E-state index < -0.39 is 0 Å². The van der Waals surface area contributed by atoms with Gasteiger partial charge in [0.05, 0.1) is 25.4 Å². The maximum absolute atomic E-state index is 8.84. The molecule has 0 aromatic rings. The summed E-state index contributed by atoms with van der Waals surface area (Å²) in [6.07, 6.45) is 6.19. The minimum absolute atomic E-state index is 0.134. The monoisotopic (exact) mass is 274 g/mol. The Bertz CT molecular complexity index is 216. The van der Waals surface area contributed by atoms with E-state index in [-0.39, 0.29) is 37.6 Å². The molecule has 0 saturated carbocycles. The Morgan fingerprint density at radius 3 is 1.58 bits per heavy atom. The lowest BCUT2D eigenvalue weighted by Crippen LogP contribution is -2.30. The molecule has 4 unspecified atom stereocenters. The van der Waals surface area contributed by atoms with Crippen molar-refractivity contribution < 1.29 is 24.4 Å². The van der Waals surface area contributed by atoms with Gasteiger partial charge in [0, 0.05) is 13.2 Å². The number of rotatable bonds is 12. The summed E-state index contributed by atoms with van der Waals surface area (Å²) in [4.78, 5) is 0. The predicted octanol–water partition coefficient (Wildman–Crippen LogP) is 0.863. The van der Waals surface area contributed by atoms with Crippen LogP contribution in [-0.2, 0) is 14.2 Å². The fraction of sp³-hybridized carbons (Fsp3) is 1.00. The molecule has 0 aromatic heterocycles. The number of aliphatic hydroxyl groups is 2. The Labute approximate surface area is 114 Å². The van der Waals surface area contributed by atoms with E-state index in [0.29, 0.717) is 0 Å². The van der Waals surface area contributed by atoms with E-state index in [1.165, 1.54) is 0 Å².